The zero-order valence-corrected chi connectivity index (χ0v) is 16.6. The summed E-state index contributed by atoms with van der Waals surface area (Å²) in [4.78, 5) is 27.0. The molecule has 2 aromatic rings. The van der Waals surface area contributed by atoms with Gasteiger partial charge < -0.3 is 10.2 Å². The lowest BCUT2D eigenvalue weighted by Gasteiger charge is -2.30. The summed E-state index contributed by atoms with van der Waals surface area (Å²) in [5.41, 5.74) is 3.03. The van der Waals surface area contributed by atoms with Gasteiger partial charge in [0.25, 0.3) is 5.91 Å². The Hall–Kier alpha value is -2.33. The maximum absolute atomic E-state index is 12.5. The number of halogens is 1. The summed E-state index contributed by atoms with van der Waals surface area (Å²) in [6.45, 7) is 2.06. The highest BCUT2D eigenvalue weighted by Crippen LogP contribution is 2.32. The van der Waals surface area contributed by atoms with E-state index in [0.29, 0.717) is 17.5 Å². The van der Waals surface area contributed by atoms with E-state index in [9.17, 15) is 9.59 Å². The van der Waals surface area contributed by atoms with Gasteiger partial charge in [0.05, 0.1) is 0 Å². The van der Waals surface area contributed by atoms with Crippen LogP contribution in [0.1, 0.15) is 47.2 Å². The van der Waals surface area contributed by atoms with Crippen molar-refractivity contribution in [3.63, 3.8) is 0 Å². The second-order valence-corrected chi connectivity index (χ2v) is 8.34. The molecule has 146 valence electrons. The van der Waals surface area contributed by atoms with Crippen LogP contribution in [0, 0.1) is 11.8 Å². The standard InChI is InChI=1S/C23H25ClN2O2/c24-20-11-7-16(8-12-20)13-25-22(27)18-9-5-17(6-10-18)14-26-15-19-3-1-2-4-21(19)23(26)28/h1-4,7-8,11-12,17-18H,5-6,9-10,13-15H2,(H,25,27). The summed E-state index contributed by atoms with van der Waals surface area (Å²) in [6.07, 6.45) is 3.79. The van der Waals surface area contributed by atoms with Gasteiger partial charge in [-0.15, -0.1) is 0 Å². The predicted molar refractivity (Wildman–Crippen MR) is 110 cm³/mol. The van der Waals surface area contributed by atoms with Crippen molar-refractivity contribution >= 4 is 23.4 Å². The maximum Gasteiger partial charge on any atom is 0.254 e. The molecule has 0 radical (unpaired) electrons. The van der Waals surface area contributed by atoms with Crippen LogP contribution in [-0.2, 0) is 17.9 Å². The van der Waals surface area contributed by atoms with Gasteiger partial charge in [0.2, 0.25) is 5.91 Å². The Morgan fingerprint density at radius 1 is 1.04 bits per heavy atom. The van der Waals surface area contributed by atoms with Crippen LogP contribution in [0.15, 0.2) is 48.5 Å². The second kappa shape index (κ2) is 8.36. The molecule has 1 aliphatic heterocycles. The van der Waals surface area contributed by atoms with Gasteiger partial charge in [0.15, 0.2) is 0 Å². The number of nitrogens with one attached hydrogen (secondary N) is 1. The van der Waals surface area contributed by atoms with Gasteiger partial charge in [0, 0.05) is 36.1 Å². The quantitative estimate of drug-likeness (QED) is 0.813. The molecular formula is C23H25ClN2O2. The van der Waals surface area contributed by atoms with E-state index in [1.54, 1.807) is 0 Å². The number of carbonyl (C=O) groups excluding carboxylic acids is 2. The van der Waals surface area contributed by atoms with Crippen molar-refractivity contribution in [2.24, 2.45) is 11.8 Å². The summed E-state index contributed by atoms with van der Waals surface area (Å²) >= 11 is 5.89. The van der Waals surface area contributed by atoms with Gasteiger partial charge in [-0.05, 0) is 60.9 Å². The van der Waals surface area contributed by atoms with Crippen LogP contribution in [0.25, 0.3) is 0 Å². The highest BCUT2D eigenvalue weighted by atomic mass is 35.5. The Kier molecular flexibility index (Phi) is 5.67. The fourth-order valence-electron chi connectivity index (χ4n) is 4.32. The Bertz CT molecular complexity index is 857. The molecule has 5 heteroatoms. The third-order valence-electron chi connectivity index (χ3n) is 5.97. The van der Waals surface area contributed by atoms with E-state index in [-0.39, 0.29) is 17.7 Å². The minimum Gasteiger partial charge on any atom is -0.352 e. The highest BCUT2D eigenvalue weighted by molar-refractivity contribution is 6.30. The molecule has 2 aliphatic rings. The molecule has 1 heterocycles. The average molecular weight is 397 g/mol. The molecule has 2 amide bonds. The molecule has 28 heavy (non-hydrogen) atoms. The first-order valence-electron chi connectivity index (χ1n) is 9.99. The molecule has 0 saturated heterocycles. The number of amides is 2. The number of rotatable bonds is 5. The molecule has 4 rings (SSSR count). The number of benzene rings is 2. The van der Waals surface area contributed by atoms with Gasteiger partial charge in [-0.3, -0.25) is 9.59 Å². The fourth-order valence-corrected chi connectivity index (χ4v) is 4.44. The van der Waals surface area contributed by atoms with E-state index in [0.717, 1.165) is 55.5 Å². The average Bonchev–Trinajstić information content (AvgIpc) is 3.03. The fraction of sp³-hybridized carbons (Fsp3) is 0.391. The van der Waals surface area contributed by atoms with Gasteiger partial charge in [-0.1, -0.05) is 41.9 Å². The number of hydrogen-bond acceptors (Lipinski definition) is 2. The lowest BCUT2D eigenvalue weighted by Crippen LogP contribution is -2.36. The van der Waals surface area contributed by atoms with Crippen molar-refractivity contribution in [2.45, 2.75) is 38.8 Å². The van der Waals surface area contributed by atoms with E-state index in [2.05, 4.69) is 5.32 Å². The smallest absolute Gasteiger partial charge is 0.254 e. The van der Waals surface area contributed by atoms with Gasteiger partial charge in [-0.25, -0.2) is 0 Å². The number of fused-ring (bicyclic) bond motifs is 1. The normalized spacial score (nSPS) is 21.5. The summed E-state index contributed by atoms with van der Waals surface area (Å²) in [7, 11) is 0. The zero-order chi connectivity index (χ0) is 19.5. The SMILES string of the molecule is O=C(NCc1ccc(Cl)cc1)C1CCC(CN2Cc3ccccc3C2=O)CC1. The number of hydrogen-bond donors (Lipinski definition) is 1. The van der Waals surface area contributed by atoms with Gasteiger partial charge in [-0.2, -0.15) is 0 Å². The molecular weight excluding hydrogens is 372 g/mol. The summed E-state index contributed by atoms with van der Waals surface area (Å²) in [5.74, 6) is 0.852. The molecule has 0 bridgehead atoms. The van der Waals surface area contributed by atoms with E-state index < -0.39 is 0 Å². The largest absolute Gasteiger partial charge is 0.352 e. The van der Waals surface area contributed by atoms with Gasteiger partial charge in [0.1, 0.15) is 0 Å². The van der Waals surface area contributed by atoms with Crippen molar-refractivity contribution in [1.82, 2.24) is 10.2 Å². The van der Waals surface area contributed by atoms with Crippen LogP contribution < -0.4 is 5.32 Å². The van der Waals surface area contributed by atoms with E-state index >= 15 is 0 Å². The van der Waals surface area contributed by atoms with Crippen LogP contribution in [0.2, 0.25) is 5.02 Å². The highest BCUT2D eigenvalue weighted by Gasteiger charge is 2.31. The Morgan fingerprint density at radius 3 is 2.46 bits per heavy atom. The summed E-state index contributed by atoms with van der Waals surface area (Å²) < 4.78 is 0. The minimum atomic E-state index is 0.0787. The lowest BCUT2D eigenvalue weighted by molar-refractivity contribution is -0.126. The molecule has 1 saturated carbocycles. The molecule has 0 atom stereocenters. The molecule has 0 aromatic heterocycles. The first-order valence-corrected chi connectivity index (χ1v) is 10.4. The first-order chi connectivity index (χ1) is 13.6. The van der Waals surface area contributed by atoms with Crippen LogP contribution >= 0.6 is 11.6 Å². The van der Waals surface area contributed by atoms with Crippen molar-refractivity contribution in [2.75, 3.05) is 6.54 Å². The molecule has 2 aromatic carbocycles. The Labute approximate surface area is 170 Å². The van der Waals surface area contributed by atoms with Crippen molar-refractivity contribution in [3.05, 3.63) is 70.2 Å². The summed E-state index contributed by atoms with van der Waals surface area (Å²) in [6, 6.07) is 15.4. The monoisotopic (exact) mass is 396 g/mol. The number of nitrogens with zero attached hydrogens (tertiary/aromatic N) is 1. The first kappa shape index (κ1) is 19.0. The van der Waals surface area contributed by atoms with Crippen molar-refractivity contribution in [3.8, 4) is 0 Å². The topological polar surface area (TPSA) is 49.4 Å². The third kappa shape index (κ3) is 4.22. The minimum absolute atomic E-state index is 0.0787. The zero-order valence-electron chi connectivity index (χ0n) is 15.9. The number of carbonyl (C=O) groups is 2. The molecule has 4 nitrogen and oxygen atoms in total. The maximum atomic E-state index is 12.5. The van der Waals surface area contributed by atoms with Crippen LogP contribution in [-0.4, -0.2) is 23.3 Å². The van der Waals surface area contributed by atoms with Crippen molar-refractivity contribution < 1.29 is 9.59 Å². The summed E-state index contributed by atoms with van der Waals surface area (Å²) in [5, 5.41) is 3.75. The third-order valence-corrected chi connectivity index (χ3v) is 6.22. The van der Waals surface area contributed by atoms with E-state index in [1.807, 2.05) is 53.4 Å². The molecule has 1 aliphatic carbocycles. The van der Waals surface area contributed by atoms with Crippen molar-refractivity contribution in [1.29, 1.82) is 0 Å². The lowest BCUT2D eigenvalue weighted by atomic mass is 9.81. The Morgan fingerprint density at radius 2 is 1.75 bits per heavy atom. The molecule has 1 N–H and O–H groups in total. The van der Waals surface area contributed by atoms with Crippen LogP contribution in [0.3, 0.4) is 0 Å². The van der Waals surface area contributed by atoms with Gasteiger partial charge >= 0.3 is 0 Å². The Balaban J connectivity index is 1.23. The molecule has 0 spiro atoms. The van der Waals surface area contributed by atoms with Crippen LogP contribution in [0.4, 0.5) is 0 Å². The molecule has 0 unspecified atom stereocenters. The molecule has 1 fully saturated rings. The predicted octanol–water partition coefficient (Wildman–Crippen LogP) is 4.42. The van der Waals surface area contributed by atoms with E-state index in [4.69, 9.17) is 11.6 Å². The second-order valence-electron chi connectivity index (χ2n) is 7.90. The van der Waals surface area contributed by atoms with Crippen LogP contribution in [0.5, 0.6) is 0 Å². The van der Waals surface area contributed by atoms with E-state index in [1.165, 1.54) is 0 Å².